The van der Waals surface area contributed by atoms with E-state index in [1.807, 2.05) is 0 Å². The molecular weight excluding hydrogens is 454 g/mol. The van der Waals surface area contributed by atoms with E-state index in [9.17, 15) is 32.3 Å². The number of carbonyl (C=O) groups is 4. The summed E-state index contributed by atoms with van der Waals surface area (Å²) in [5.74, 6) is -5.76. The number of halogens is 5. The molecule has 2 atom stereocenters. The number of imide groups is 1. The molecule has 0 saturated heterocycles. The van der Waals surface area contributed by atoms with Crippen LogP contribution in [0.1, 0.15) is 12.8 Å². The van der Waals surface area contributed by atoms with Crippen LogP contribution in [0.15, 0.2) is 9.40 Å². The number of aliphatic carboxylic acids is 2. The largest absolute Gasteiger partial charge is 0.480 e. The van der Waals surface area contributed by atoms with Gasteiger partial charge in [-0.2, -0.15) is 13.2 Å². The summed E-state index contributed by atoms with van der Waals surface area (Å²) in [6.07, 6.45) is -5.85. The van der Waals surface area contributed by atoms with Crippen molar-refractivity contribution in [1.82, 2.24) is 4.90 Å². The number of hydrogen-bond donors (Lipinski definition) is 4. The monoisotopic (exact) mass is 469 g/mol. The average molecular weight is 470 g/mol. The van der Waals surface area contributed by atoms with Gasteiger partial charge in [-0.15, -0.1) is 11.8 Å². The summed E-state index contributed by atoms with van der Waals surface area (Å²) in [6, 6.07) is -3.00. The molecule has 15 heteroatoms. The third kappa shape index (κ3) is 9.10. The van der Waals surface area contributed by atoms with E-state index in [1.54, 1.807) is 0 Å². The second-order valence-corrected chi connectivity index (χ2v) is 7.21. The Morgan fingerprint density at radius 1 is 1.07 bits per heavy atom. The standard InChI is InChI=1S/C13H16Cl2F3N3O6S/c14-9(13(16,17)18)10(15)28-4-6(20)11(25)21(3-8(23)24)7(22)2-1-5(19)12(26)27/h5-6H,1-4,19-20H2,(H,23,24)(H,26,27). The number of nitrogens with two attached hydrogens (primary N) is 2. The molecule has 2 unspecified atom stereocenters. The minimum absolute atomic E-state index is 0.255. The first-order valence-corrected chi connectivity index (χ1v) is 8.97. The molecule has 2 amide bonds. The van der Waals surface area contributed by atoms with Crippen LogP contribution < -0.4 is 11.5 Å². The summed E-state index contributed by atoms with van der Waals surface area (Å²) in [5.41, 5.74) is 10.7. The van der Waals surface area contributed by atoms with Gasteiger partial charge in [-0.3, -0.25) is 24.1 Å². The Hall–Kier alpha value is -1.54. The highest BCUT2D eigenvalue weighted by Gasteiger charge is 2.36. The first kappa shape index (κ1) is 26.5. The molecule has 0 aliphatic heterocycles. The fourth-order valence-corrected chi connectivity index (χ4v) is 2.74. The molecular formula is C13H16Cl2F3N3O6S. The van der Waals surface area contributed by atoms with E-state index in [0.29, 0.717) is 0 Å². The predicted molar refractivity (Wildman–Crippen MR) is 94.4 cm³/mol. The number of allylic oxidation sites excluding steroid dienone is 1. The Balaban J connectivity index is 5.11. The van der Waals surface area contributed by atoms with Gasteiger partial charge in [0.25, 0.3) is 0 Å². The topological polar surface area (TPSA) is 164 Å². The molecule has 0 heterocycles. The summed E-state index contributed by atoms with van der Waals surface area (Å²) in [6.45, 7) is -1.08. The molecule has 9 nitrogen and oxygen atoms in total. The SMILES string of the molecule is NC(CCC(=O)N(CC(=O)O)C(=O)C(N)CSC(Cl)=C(Cl)C(F)(F)F)C(=O)O. The van der Waals surface area contributed by atoms with Gasteiger partial charge in [0.1, 0.15) is 17.6 Å². The number of nitrogens with zero attached hydrogens (tertiary/aromatic N) is 1. The summed E-state index contributed by atoms with van der Waals surface area (Å²) >= 11 is 10.7. The van der Waals surface area contributed by atoms with Gasteiger partial charge in [0.05, 0.1) is 10.4 Å². The molecule has 0 aromatic carbocycles. The van der Waals surface area contributed by atoms with Crippen LogP contribution in [0.25, 0.3) is 0 Å². The van der Waals surface area contributed by atoms with E-state index in [1.165, 1.54) is 0 Å². The second-order valence-electron chi connectivity index (χ2n) is 5.20. The minimum Gasteiger partial charge on any atom is -0.480 e. The van der Waals surface area contributed by atoms with Crippen LogP contribution in [0.5, 0.6) is 0 Å². The molecule has 0 aliphatic carbocycles. The number of amides is 2. The van der Waals surface area contributed by atoms with Gasteiger partial charge in [0.15, 0.2) is 0 Å². The van der Waals surface area contributed by atoms with Crippen molar-refractivity contribution in [2.45, 2.75) is 31.1 Å². The van der Waals surface area contributed by atoms with Crippen molar-refractivity contribution in [2.24, 2.45) is 11.5 Å². The van der Waals surface area contributed by atoms with Crippen LogP contribution in [0, 0.1) is 0 Å². The molecule has 0 aromatic rings. The maximum atomic E-state index is 12.4. The Morgan fingerprint density at radius 3 is 2.04 bits per heavy atom. The molecule has 160 valence electrons. The van der Waals surface area contributed by atoms with Gasteiger partial charge < -0.3 is 21.7 Å². The van der Waals surface area contributed by atoms with Crippen LogP contribution in [-0.4, -0.2) is 69.4 Å². The third-order valence-corrected chi connectivity index (χ3v) is 5.09. The maximum Gasteiger partial charge on any atom is 0.428 e. The van der Waals surface area contributed by atoms with Crippen molar-refractivity contribution >= 4 is 58.7 Å². The zero-order valence-electron chi connectivity index (χ0n) is 13.9. The molecule has 0 fully saturated rings. The smallest absolute Gasteiger partial charge is 0.428 e. The Labute approximate surface area is 170 Å². The Morgan fingerprint density at radius 2 is 1.61 bits per heavy atom. The first-order valence-electron chi connectivity index (χ1n) is 7.23. The summed E-state index contributed by atoms with van der Waals surface area (Å²) in [5, 5.41) is 15.9. The molecule has 0 spiro atoms. The lowest BCUT2D eigenvalue weighted by molar-refractivity contribution is -0.153. The van der Waals surface area contributed by atoms with Gasteiger partial charge in [-0.1, -0.05) is 23.2 Å². The Bertz CT molecular complexity index is 662. The van der Waals surface area contributed by atoms with E-state index in [0.717, 1.165) is 0 Å². The number of rotatable bonds is 10. The number of carbonyl (C=O) groups excluding carboxylic acids is 2. The fourth-order valence-electron chi connectivity index (χ4n) is 1.57. The van der Waals surface area contributed by atoms with E-state index < -0.39 is 70.1 Å². The normalized spacial score (nSPS) is 14.7. The van der Waals surface area contributed by atoms with Crippen LogP contribution in [0.3, 0.4) is 0 Å². The molecule has 6 N–H and O–H groups in total. The highest BCUT2D eigenvalue weighted by molar-refractivity contribution is 8.04. The van der Waals surface area contributed by atoms with Crippen molar-refractivity contribution in [2.75, 3.05) is 12.3 Å². The lowest BCUT2D eigenvalue weighted by atomic mass is 10.1. The van der Waals surface area contributed by atoms with E-state index in [2.05, 4.69) is 0 Å². The maximum absolute atomic E-state index is 12.4. The number of thioether (sulfide) groups is 1. The lowest BCUT2D eigenvalue weighted by Gasteiger charge is -2.22. The minimum atomic E-state index is -4.91. The number of hydrogen-bond acceptors (Lipinski definition) is 7. The fraction of sp³-hybridized carbons (Fsp3) is 0.538. The molecule has 0 bridgehead atoms. The summed E-state index contributed by atoms with van der Waals surface area (Å²) in [4.78, 5) is 46.0. The van der Waals surface area contributed by atoms with Crippen molar-refractivity contribution < 1.29 is 42.6 Å². The van der Waals surface area contributed by atoms with Crippen molar-refractivity contribution in [3.63, 3.8) is 0 Å². The van der Waals surface area contributed by atoms with Crippen molar-refractivity contribution in [3.05, 3.63) is 9.40 Å². The van der Waals surface area contributed by atoms with E-state index >= 15 is 0 Å². The molecule has 0 rings (SSSR count). The Kier molecular flexibility index (Phi) is 10.8. The van der Waals surface area contributed by atoms with Crippen LogP contribution >= 0.6 is 35.0 Å². The zero-order valence-corrected chi connectivity index (χ0v) is 16.2. The highest BCUT2D eigenvalue weighted by atomic mass is 35.5. The van der Waals surface area contributed by atoms with Gasteiger partial charge >= 0.3 is 18.1 Å². The second kappa shape index (κ2) is 11.5. The van der Waals surface area contributed by atoms with Crippen LogP contribution in [0.2, 0.25) is 0 Å². The predicted octanol–water partition coefficient (Wildman–Crippen LogP) is 0.888. The van der Waals surface area contributed by atoms with Crippen molar-refractivity contribution in [1.29, 1.82) is 0 Å². The number of alkyl halides is 3. The van der Waals surface area contributed by atoms with Crippen LogP contribution in [0.4, 0.5) is 13.2 Å². The molecule has 0 saturated carbocycles. The van der Waals surface area contributed by atoms with Gasteiger partial charge in [-0.05, 0) is 6.42 Å². The van der Waals surface area contributed by atoms with E-state index in [-0.39, 0.29) is 23.1 Å². The number of carboxylic acids is 2. The van der Waals surface area contributed by atoms with Crippen molar-refractivity contribution in [3.8, 4) is 0 Å². The third-order valence-electron chi connectivity index (χ3n) is 2.98. The first-order chi connectivity index (χ1) is 12.7. The molecule has 0 aliphatic rings. The van der Waals surface area contributed by atoms with E-state index in [4.69, 9.17) is 44.9 Å². The molecule has 0 aromatic heterocycles. The number of carboxylic acid groups (broad SMARTS) is 2. The quantitative estimate of drug-likeness (QED) is 0.363. The van der Waals surface area contributed by atoms with Gasteiger partial charge in [0, 0.05) is 12.2 Å². The zero-order chi connectivity index (χ0) is 22.2. The average Bonchev–Trinajstić information content (AvgIpc) is 2.58. The summed E-state index contributed by atoms with van der Waals surface area (Å²) in [7, 11) is 0. The summed E-state index contributed by atoms with van der Waals surface area (Å²) < 4.78 is 36.3. The highest BCUT2D eigenvalue weighted by Crippen LogP contribution is 2.37. The molecule has 0 radical (unpaired) electrons. The molecule has 28 heavy (non-hydrogen) atoms. The van der Waals surface area contributed by atoms with Gasteiger partial charge in [0.2, 0.25) is 11.8 Å². The van der Waals surface area contributed by atoms with Gasteiger partial charge in [-0.25, -0.2) is 0 Å². The van der Waals surface area contributed by atoms with Crippen LogP contribution in [-0.2, 0) is 19.2 Å². The lowest BCUT2D eigenvalue weighted by Crippen LogP contribution is -2.50.